The molecule has 0 spiro atoms. The Bertz CT molecular complexity index is 1150. The second-order valence-corrected chi connectivity index (χ2v) is 10.9. The zero-order chi connectivity index (χ0) is 24.2. The third-order valence-electron chi connectivity index (χ3n) is 7.15. The van der Waals surface area contributed by atoms with Gasteiger partial charge in [0.1, 0.15) is 12.8 Å². The molecule has 0 radical (unpaired) electrons. The van der Waals surface area contributed by atoms with E-state index in [4.69, 9.17) is 4.74 Å². The molecule has 1 saturated carbocycles. The van der Waals surface area contributed by atoms with E-state index in [0.717, 1.165) is 68.3 Å². The van der Waals surface area contributed by atoms with Gasteiger partial charge in [-0.2, -0.15) is 0 Å². The van der Waals surface area contributed by atoms with Crippen LogP contribution in [0.25, 0.3) is 10.9 Å². The molecule has 0 saturated heterocycles. The molecule has 186 valence electrons. The van der Waals surface area contributed by atoms with Gasteiger partial charge in [0.15, 0.2) is 0 Å². The van der Waals surface area contributed by atoms with Crippen LogP contribution in [0.3, 0.4) is 0 Å². The summed E-state index contributed by atoms with van der Waals surface area (Å²) >= 11 is 1.56. The Kier molecular flexibility index (Phi) is 7.58. The van der Waals surface area contributed by atoms with Crippen LogP contribution in [-0.4, -0.2) is 52.7 Å². The largest absolute Gasteiger partial charge is 0.467 e. The molecule has 2 aromatic heterocycles. The number of fused-ring (bicyclic) bond motifs is 2. The summed E-state index contributed by atoms with van der Waals surface area (Å²) in [5.74, 6) is 0.704. The lowest BCUT2D eigenvalue weighted by Crippen LogP contribution is -2.38. The first kappa shape index (κ1) is 24.1. The molecule has 3 aromatic rings. The van der Waals surface area contributed by atoms with E-state index < -0.39 is 6.17 Å². The van der Waals surface area contributed by atoms with Crippen LogP contribution in [0.2, 0.25) is 0 Å². The monoisotopic (exact) mass is 496 g/mol. The van der Waals surface area contributed by atoms with Crippen LogP contribution in [0.5, 0.6) is 5.19 Å². The Morgan fingerprint density at radius 3 is 2.94 bits per heavy atom. The average molecular weight is 497 g/mol. The van der Waals surface area contributed by atoms with Crippen LogP contribution in [0.4, 0.5) is 4.39 Å². The van der Waals surface area contributed by atoms with E-state index in [-0.39, 0.29) is 18.6 Å². The van der Waals surface area contributed by atoms with Crippen molar-refractivity contribution < 1.29 is 13.9 Å². The third-order valence-corrected chi connectivity index (χ3v) is 8.22. The minimum absolute atomic E-state index is 0.00348. The molecule has 5 rings (SSSR count). The number of hydrogen-bond donors (Lipinski definition) is 1. The summed E-state index contributed by atoms with van der Waals surface area (Å²) in [5.41, 5.74) is 2.65. The highest BCUT2D eigenvalue weighted by Gasteiger charge is 2.26. The van der Waals surface area contributed by atoms with Crippen LogP contribution < -0.4 is 10.1 Å². The van der Waals surface area contributed by atoms with Gasteiger partial charge in [-0.3, -0.25) is 14.7 Å². The molecule has 1 aliphatic heterocycles. The van der Waals surface area contributed by atoms with Gasteiger partial charge in [0.25, 0.3) is 11.1 Å². The number of hydrogen-bond acceptors (Lipinski definition) is 6. The van der Waals surface area contributed by atoms with Gasteiger partial charge < -0.3 is 10.1 Å². The minimum Gasteiger partial charge on any atom is -0.467 e. The number of nitrogens with one attached hydrogen (secondary N) is 1. The maximum absolute atomic E-state index is 13.1. The third kappa shape index (κ3) is 5.98. The number of halogens is 1. The number of pyridine rings is 1. The number of aromatic nitrogens is 2. The summed E-state index contributed by atoms with van der Waals surface area (Å²) in [4.78, 5) is 25.6. The van der Waals surface area contributed by atoms with Gasteiger partial charge in [-0.15, -0.1) is 0 Å². The van der Waals surface area contributed by atoms with Crippen LogP contribution >= 0.6 is 11.3 Å². The van der Waals surface area contributed by atoms with Crippen molar-refractivity contribution in [1.29, 1.82) is 0 Å². The van der Waals surface area contributed by atoms with Crippen LogP contribution in [0, 0.1) is 5.92 Å². The Morgan fingerprint density at radius 2 is 2.11 bits per heavy atom. The maximum atomic E-state index is 13.1. The van der Waals surface area contributed by atoms with E-state index in [1.165, 1.54) is 18.2 Å². The molecule has 1 amide bonds. The smallest absolute Gasteiger partial charge is 0.273 e. The summed E-state index contributed by atoms with van der Waals surface area (Å²) < 4.78 is 18.5. The van der Waals surface area contributed by atoms with Crippen LogP contribution in [0.15, 0.2) is 36.5 Å². The summed E-state index contributed by atoms with van der Waals surface area (Å²) in [6.07, 6.45) is 7.31. The Morgan fingerprint density at radius 1 is 1.26 bits per heavy atom. The fourth-order valence-electron chi connectivity index (χ4n) is 5.19. The number of ether oxygens (including phenoxy) is 1. The molecular weight excluding hydrogens is 463 g/mol. The van der Waals surface area contributed by atoms with Crippen molar-refractivity contribution >= 4 is 28.1 Å². The van der Waals surface area contributed by atoms with Gasteiger partial charge in [0.05, 0.1) is 11.2 Å². The molecular formula is C27H33FN4O2S. The fourth-order valence-corrected chi connectivity index (χ4v) is 6.11. The number of thiazole rings is 1. The normalized spacial score (nSPS) is 21.4. The molecule has 0 bridgehead atoms. The van der Waals surface area contributed by atoms with Crippen molar-refractivity contribution in [2.24, 2.45) is 5.92 Å². The standard InChI is InChI=1S/C27H33FN4O2S/c1-18(28)17-34-27-31-24-16-32(15-12-25(24)35-27)14-11-19-7-9-20(10-8-19)30-26(33)22-4-2-6-23-21(22)5-3-13-29-23/h2-6,13,18-20H,7-12,14-17H2,1H3,(H,30,33). The predicted octanol–water partition coefficient (Wildman–Crippen LogP) is 5.17. The lowest BCUT2D eigenvalue weighted by Gasteiger charge is -2.32. The van der Waals surface area contributed by atoms with Gasteiger partial charge >= 0.3 is 0 Å². The van der Waals surface area contributed by atoms with E-state index in [2.05, 4.69) is 20.2 Å². The quantitative estimate of drug-likeness (QED) is 0.466. The number of benzene rings is 1. The molecule has 1 fully saturated rings. The summed E-state index contributed by atoms with van der Waals surface area (Å²) in [7, 11) is 0. The number of rotatable bonds is 8. The topological polar surface area (TPSA) is 67.3 Å². The zero-order valence-corrected chi connectivity index (χ0v) is 21.0. The molecule has 1 aliphatic carbocycles. The highest BCUT2D eigenvalue weighted by molar-refractivity contribution is 7.13. The highest BCUT2D eigenvalue weighted by atomic mass is 32.1. The molecule has 1 unspecified atom stereocenters. The molecule has 35 heavy (non-hydrogen) atoms. The lowest BCUT2D eigenvalue weighted by molar-refractivity contribution is 0.0921. The second kappa shape index (κ2) is 11.0. The van der Waals surface area contributed by atoms with Crippen molar-refractivity contribution in [2.45, 2.75) is 64.2 Å². The van der Waals surface area contributed by atoms with Gasteiger partial charge in [-0.25, -0.2) is 9.37 Å². The number of nitrogens with zero attached hydrogens (tertiary/aromatic N) is 3. The molecule has 3 heterocycles. The number of alkyl halides is 1. The average Bonchev–Trinajstić information content (AvgIpc) is 3.29. The van der Waals surface area contributed by atoms with Gasteiger partial charge in [0.2, 0.25) is 0 Å². The summed E-state index contributed by atoms with van der Waals surface area (Å²) in [5, 5.41) is 4.77. The SMILES string of the molecule is CC(F)COc1nc2c(s1)CCN(CCC1CCC(NC(=O)c3cccc4ncccc34)CC1)C2. The number of amides is 1. The first-order valence-electron chi connectivity index (χ1n) is 12.7. The Labute approximate surface area is 209 Å². The fraction of sp³-hybridized carbons (Fsp3) is 0.519. The van der Waals surface area contributed by atoms with Crippen LogP contribution in [-0.2, 0) is 13.0 Å². The van der Waals surface area contributed by atoms with Crippen LogP contribution in [0.1, 0.15) is 60.0 Å². The van der Waals surface area contributed by atoms with E-state index in [9.17, 15) is 9.18 Å². The van der Waals surface area contributed by atoms with Gasteiger partial charge in [-0.1, -0.05) is 23.5 Å². The lowest BCUT2D eigenvalue weighted by atomic mass is 9.84. The van der Waals surface area contributed by atoms with Gasteiger partial charge in [-0.05, 0) is 76.1 Å². The summed E-state index contributed by atoms with van der Waals surface area (Å²) in [6.45, 7) is 4.53. The second-order valence-electron chi connectivity index (χ2n) is 9.82. The van der Waals surface area contributed by atoms with E-state index >= 15 is 0 Å². The molecule has 1 atom stereocenters. The highest BCUT2D eigenvalue weighted by Crippen LogP contribution is 2.32. The Balaban J connectivity index is 1.06. The molecule has 8 heteroatoms. The van der Waals surface area contributed by atoms with Crippen molar-refractivity contribution in [2.75, 3.05) is 19.7 Å². The minimum atomic E-state index is -0.980. The summed E-state index contributed by atoms with van der Waals surface area (Å²) in [6, 6.07) is 9.80. The number of carbonyl (C=O) groups is 1. The van der Waals surface area contributed by atoms with E-state index in [1.54, 1.807) is 17.5 Å². The molecule has 1 N–H and O–H groups in total. The van der Waals surface area contributed by atoms with Gasteiger partial charge in [0, 0.05) is 41.2 Å². The Hall–Kier alpha value is -2.58. The molecule has 2 aliphatic rings. The van der Waals surface area contributed by atoms with E-state index in [1.807, 2.05) is 30.3 Å². The van der Waals surface area contributed by atoms with Crippen molar-refractivity contribution in [3.8, 4) is 5.19 Å². The molecule has 1 aromatic carbocycles. The maximum Gasteiger partial charge on any atom is 0.273 e. The number of carbonyl (C=O) groups excluding carboxylic acids is 1. The zero-order valence-electron chi connectivity index (χ0n) is 20.2. The van der Waals surface area contributed by atoms with Crippen molar-refractivity contribution in [3.63, 3.8) is 0 Å². The van der Waals surface area contributed by atoms with E-state index in [0.29, 0.717) is 16.7 Å². The van der Waals surface area contributed by atoms with Crippen molar-refractivity contribution in [1.82, 2.24) is 20.2 Å². The molecule has 6 nitrogen and oxygen atoms in total. The first-order chi connectivity index (χ1) is 17.0. The predicted molar refractivity (Wildman–Crippen MR) is 137 cm³/mol. The van der Waals surface area contributed by atoms with Crippen molar-refractivity contribution in [3.05, 3.63) is 52.7 Å². The first-order valence-corrected chi connectivity index (χ1v) is 13.5.